The average molecular weight is 695 g/mol. The van der Waals surface area contributed by atoms with Gasteiger partial charge in [-0.2, -0.15) is 0 Å². The van der Waals surface area contributed by atoms with Crippen molar-refractivity contribution >= 4 is 58.0 Å². The van der Waals surface area contributed by atoms with E-state index in [1.165, 1.54) is 21.6 Å². The zero-order valence-corrected chi connectivity index (χ0v) is 30.5. The fourth-order valence-corrected chi connectivity index (χ4v) is 11.6. The molecule has 0 aliphatic carbocycles. The lowest BCUT2D eigenvalue weighted by molar-refractivity contribution is 0.104. The SMILES string of the molecule is Cc1cc(C)c(C(=O)P(=O)(OCCSSCCOP(=O)(C(=O)c2c(C)cc(C)cc2C)c2ccccc2)c2ccccc2)c(C)c1. The summed E-state index contributed by atoms with van der Waals surface area (Å²) >= 11 is 0. The molecule has 0 bridgehead atoms. The molecule has 4 aromatic rings. The van der Waals surface area contributed by atoms with Crippen molar-refractivity contribution in [2.45, 2.75) is 41.5 Å². The molecule has 0 amide bonds. The lowest BCUT2D eigenvalue weighted by Crippen LogP contribution is -2.18. The Morgan fingerprint density at radius 2 is 0.848 bits per heavy atom. The highest BCUT2D eigenvalue weighted by molar-refractivity contribution is 8.76. The third kappa shape index (κ3) is 8.23. The number of rotatable bonds is 15. The zero-order valence-electron chi connectivity index (χ0n) is 27.1. The van der Waals surface area contributed by atoms with Gasteiger partial charge in [0.2, 0.25) is 0 Å². The summed E-state index contributed by atoms with van der Waals surface area (Å²) in [5.74, 6) is 0.912. The maximum absolute atomic E-state index is 14.3. The first-order valence-corrected chi connectivity index (χ1v) is 20.7. The van der Waals surface area contributed by atoms with E-state index in [1.807, 2.05) is 77.9 Å². The molecule has 242 valence electrons. The fraction of sp³-hybridized carbons (Fsp3) is 0.278. The minimum absolute atomic E-state index is 0.0906. The summed E-state index contributed by atoms with van der Waals surface area (Å²) in [5.41, 5.74) is 5.01. The van der Waals surface area contributed by atoms with Crippen LogP contribution in [0.15, 0.2) is 84.9 Å². The van der Waals surface area contributed by atoms with Crippen LogP contribution in [0, 0.1) is 41.5 Å². The minimum atomic E-state index is -3.88. The van der Waals surface area contributed by atoms with E-state index in [0.29, 0.717) is 33.2 Å². The van der Waals surface area contributed by atoms with Gasteiger partial charge in [-0.05, 0) is 88.1 Å². The van der Waals surface area contributed by atoms with Gasteiger partial charge in [-0.25, -0.2) is 0 Å². The number of carbonyl (C=O) groups is 2. The van der Waals surface area contributed by atoms with Crippen molar-refractivity contribution in [3.63, 3.8) is 0 Å². The van der Waals surface area contributed by atoms with E-state index in [9.17, 15) is 18.7 Å². The van der Waals surface area contributed by atoms with Crippen LogP contribution in [0.3, 0.4) is 0 Å². The van der Waals surface area contributed by atoms with Crippen LogP contribution >= 0.6 is 36.3 Å². The van der Waals surface area contributed by atoms with Crippen LogP contribution in [-0.2, 0) is 18.2 Å². The van der Waals surface area contributed by atoms with Gasteiger partial charge in [-0.1, -0.05) is 93.4 Å². The highest BCUT2D eigenvalue weighted by atomic mass is 33.1. The topological polar surface area (TPSA) is 86.7 Å². The second-order valence-corrected chi connectivity index (χ2v) is 18.5. The maximum atomic E-state index is 14.3. The molecule has 0 radical (unpaired) electrons. The van der Waals surface area contributed by atoms with Crippen LogP contribution in [0.4, 0.5) is 0 Å². The Morgan fingerprint density at radius 3 is 1.15 bits per heavy atom. The molecule has 0 fully saturated rings. The van der Waals surface area contributed by atoms with Crippen LogP contribution in [0.2, 0.25) is 0 Å². The van der Waals surface area contributed by atoms with Crippen molar-refractivity contribution in [2.75, 3.05) is 24.7 Å². The predicted molar refractivity (Wildman–Crippen MR) is 194 cm³/mol. The van der Waals surface area contributed by atoms with Crippen LogP contribution in [0.1, 0.15) is 54.1 Å². The van der Waals surface area contributed by atoms with E-state index < -0.39 is 25.8 Å². The normalized spacial score (nSPS) is 14.0. The molecule has 0 saturated carbocycles. The van der Waals surface area contributed by atoms with Crippen molar-refractivity contribution in [3.05, 3.63) is 129 Å². The Morgan fingerprint density at radius 1 is 0.543 bits per heavy atom. The quantitative estimate of drug-likeness (QED) is 0.0692. The molecule has 0 N–H and O–H groups in total. The second-order valence-electron chi connectivity index (χ2n) is 11.2. The number of hydrogen-bond donors (Lipinski definition) is 0. The Balaban J connectivity index is 1.38. The lowest BCUT2D eigenvalue weighted by Gasteiger charge is -2.20. The molecule has 2 atom stereocenters. The van der Waals surface area contributed by atoms with Gasteiger partial charge in [0, 0.05) is 33.2 Å². The van der Waals surface area contributed by atoms with Crippen molar-refractivity contribution in [1.82, 2.24) is 0 Å². The third-order valence-electron chi connectivity index (χ3n) is 7.47. The van der Waals surface area contributed by atoms with Gasteiger partial charge in [0.25, 0.3) is 11.0 Å². The Hall–Kier alpha value is -2.70. The summed E-state index contributed by atoms with van der Waals surface area (Å²) < 4.78 is 40.4. The van der Waals surface area contributed by atoms with Crippen molar-refractivity contribution in [1.29, 1.82) is 0 Å². The Kier molecular flexibility index (Phi) is 12.5. The lowest BCUT2D eigenvalue weighted by atomic mass is 10.0. The molecular weight excluding hydrogens is 654 g/mol. The molecule has 0 aliphatic heterocycles. The standard InChI is InChI=1S/C36H40O6P2S2/c1-25-21-27(3)33(28(4)22-25)35(37)43(39,31-13-9-7-10-14-31)41-17-19-45-46-20-18-42-44(40,32-15-11-8-12-16-32)36(38)34-29(5)23-26(2)24-30(34)6/h7-16,21-24H,17-20H2,1-6H3. The Labute approximate surface area is 280 Å². The first kappa shape index (κ1) is 36.1. The summed E-state index contributed by atoms with van der Waals surface area (Å²) in [5, 5.41) is 0.733. The molecular formula is C36H40O6P2S2. The van der Waals surface area contributed by atoms with Gasteiger partial charge >= 0.3 is 14.7 Å². The largest absolute Gasteiger partial charge is 0.319 e. The average Bonchev–Trinajstić information content (AvgIpc) is 3.01. The van der Waals surface area contributed by atoms with Crippen LogP contribution in [0.25, 0.3) is 0 Å². The number of aryl methyl sites for hydroxylation is 6. The molecule has 46 heavy (non-hydrogen) atoms. The first-order chi connectivity index (χ1) is 21.9. The molecule has 0 saturated heterocycles. The second kappa shape index (κ2) is 15.9. The van der Waals surface area contributed by atoms with Crippen molar-refractivity contribution < 1.29 is 27.8 Å². The predicted octanol–water partition coefficient (Wildman–Crippen LogP) is 9.14. The van der Waals surface area contributed by atoms with Gasteiger partial charge < -0.3 is 9.05 Å². The molecule has 0 aliphatic rings. The summed E-state index contributed by atoms with van der Waals surface area (Å²) in [7, 11) is -4.83. The van der Waals surface area contributed by atoms with Crippen molar-refractivity contribution in [3.8, 4) is 0 Å². The van der Waals surface area contributed by atoms with Crippen LogP contribution < -0.4 is 10.6 Å². The molecule has 6 nitrogen and oxygen atoms in total. The van der Waals surface area contributed by atoms with Gasteiger partial charge in [-0.15, -0.1) is 0 Å². The third-order valence-corrected chi connectivity index (χ3v) is 14.4. The summed E-state index contributed by atoms with van der Waals surface area (Å²) in [6.45, 7) is 11.5. The molecule has 0 spiro atoms. The molecule has 0 aromatic heterocycles. The minimum Gasteiger partial charge on any atom is -0.319 e. The Bertz CT molecular complexity index is 1630. The van der Waals surface area contributed by atoms with E-state index in [2.05, 4.69) is 0 Å². The fourth-order valence-electron chi connectivity index (χ4n) is 5.60. The molecule has 4 rings (SSSR count). The van der Waals surface area contributed by atoms with E-state index in [0.717, 1.165) is 33.4 Å². The van der Waals surface area contributed by atoms with Crippen molar-refractivity contribution in [2.24, 2.45) is 0 Å². The highest BCUT2D eigenvalue weighted by Crippen LogP contribution is 2.51. The molecule has 2 unspecified atom stereocenters. The first-order valence-electron chi connectivity index (χ1n) is 15.0. The van der Waals surface area contributed by atoms with E-state index in [1.54, 1.807) is 48.5 Å². The summed E-state index contributed by atoms with van der Waals surface area (Å²) in [4.78, 5) is 27.6. The summed E-state index contributed by atoms with van der Waals surface area (Å²) in [6.07, 6.45) is 0. The maximum Gasteiger partial charge on any atom is 0.300 e. The van der Waals surface area contributed by atoms with Gasteiger partial charge in [0.1, 0.15) is 0 Å². The smallest absolute Gasteiger partial charge is 0.300 e. The highest BCUT2D eigenvalue weighted by Gasteiger charge is 2.39. The number of hydrogen-bond acceptors (Lipinski definition) is 8. The van der Waals surface area contributed by atoms with Gasteiger partial charge in [0.15, 0.2) is 0 Å². The van der Waals surface area contributed by atoms with Crippen LogP contribution in [-0.4, -0.2) is 35.8 Å². The molecule has 10 heteroatoms. The monoisotopic (exact) mass is 694 g/mol. The summed E-state index contributed by atoms with van der Waals surface area (Å²) in [6, 6.07) is 24.9. The zero-order chi connectivity index (χ0) is 33.5. The number of carbonyl (C=O) groups excluding carboxylic acids is 2. The van der Waals surface area contributed by atoms with Gasteiger partial charge in [0.05, 0.1) is 13.2 Å². The van der Waals surface area contributed by atoms with E-state index >= 15 is 0 Å². The van der Waals surface area contributed by atoms with Crippen LogP contribution in [0.5, 0.6) is 0 Å². The molecule has 4 aromatic carbocycles. The number of benzene rings is 4. The van der Waals surface area contributed by atoms with Gasteiger partial charge in [-0.3, -0.25) is 18.7 Å². The molecule has 0 heterocycles. The van der Waals surface area contributed by atoms with E-state index in [-0.39, 0.29) is 13.2 Å². The van der Waals surface area contributed by atoms with E-state index in [4.69, 9.17) is 9.05 Å².